The van der Waals surface area contributed by atoms with Gasteiger partial charge in [0, 0.05) is 25.4 Å². The summed E-state index contributed by atoms with van der Waals surface area (Å²) >= 11 is 0. The summed E-state index contributed by atoms with van der Waals surface area (Å²) < 4.78 is 30.4. The lowest BCUT2D eigenvalue weighted by Crippen LogP contribution is -2.17. The lowest BCUT2D eigenvalue weighted by molar-refractivity contribution is 0.141. The van der Waals surface area contributed by atoms with Gasteiger partial charge in [0.15, 0.2) is 5.82 Å². The fourth-order valence-electron chi connectivity index (χ4n) is 1.38. The van der Waals surface area contributed by atoms with Gasteiger partial charge in [-0.05, 0) is 13.0 Å². The average Bonchev–Trinajstić information content (AvgIpc) is 2.31. The lowest BCUT2D eigenvalue weighted by Gasteiger charge is -2.09. The fraction of sp³-hybridized carbons (Fsp3) is 0.636. The molecular formula is C11H17F2N3O. The number of nitrogens with one attached hydrogen (secondary N) is 1. The van der Waals surface area contributed by atoms with Crippen LogP contribution in [0.2, 0.25) is 0 Å². The highest BCUT2D eigenvalue weighted by Gasteiger charge is 2.16. The Hall–Kier alpha value is -1.14. The second-order valence-corrected chi connectivity index (χ2v) is 3.61. The second kappa shape index (κ2) is 7.24. The topological polar surface area (TPSA) is 47.0 Å². The Bertz CT molecular complexity index is 347. The van der Waals surface area contributed by atoms with Crippen molar-refractivity contribution in [3.8, 4) is 0 Å². The molecule has 4 nitrogen and oxygen atoms in total. The molecule has 0 bridgehead atoms. The highest BCUT2D eigenvalue weighted by atomic mass is 19.3. The number of hydrogen-bond donors (Lipinski definition) is 1. The van der Waals surface area contributed by atoms with E-state index in [1.165, 1.54) is 13.3 Å². The first kappa shape index (κ1) is 13.9. The van der Waals surface area contributed by atoms with Crippen molar-refractivity contribution in [2.45, 2.75) is 32.9 Å². The smallest absolute Gasteiger partial charge is 0.280 e. The van der Waals surface area contributed by atoms with Gasteiger partial charge in [0.05, 0.1) is 0 Å². The van der Waals surface area contributed by atoms with Gasteiger partial charge < -0.3 is 10.1 Å². The van der Waals surface area contributed by atoms with Gasteiger partial charge in [-0.1, -0.05) is 6.92 Å². The molecule has 0 fully saturated rings. The quantitative estimate of drug-likeness (QED) is 0.747. The summed E-state index contributed by atoms with van der Waals surface area (Å²) in [6.07, 6.45) is -0.204. The van der Waals surface area contributed by atoms with Crippen LogP contribution in [0.15, 0.2) is 6.20 Å². The number of methoxy groups -OCH3 is 1. The number of ether oxygens (including phenoxy) is 1. The molecule has 0 aliphatic heterocycles. The van der Waals surface area contributed by atoms with E-state index >= 15 is 0 Å². The lowest BCUT2D eigenvalue weighted by atomic mass is 10.2. The average molecular weight is 245 g/mol. The minimum atomic E-state index is -2.59. The third-order valence-electron chi connectivity index (χ3n) is 2.17. The Morgan fingerprint density at radius 3 is 2.82 bits per heavy atom. The van der Waals surface area contributed by atoms with Crippen molar-refractivity contribution >= 4 is 0 Å². The molecule has 0 aliphatic rings. The Morgan fingerprint density at radius 1 is 1.47 bits per heavy atom. The van der Waals surface area contributed by atoms with Crippen LogP contribution in [-0.2, 0) is 17.9 Å². The van der Waals surface area contributed by atoms with E-state index in [1.807, 2.05) is 6.92 Å². The summed E-state index contributed by atoms with van der Waals surface area (Å²) in [5, 5.41) is 3.05. The van der Waals surface area contributed by atoms with Crippen LogP contribution in [0.25, 0.3) is 0 Å². The second-order valence-electron chi connectivity index (χ2n) is 3.61. The van der Waals surface area contributed by atoms with Crippen molar-refractivity contribution in [2.75, 3.05) is 13.7 Å². The summed E-state index contributed by atoms with van der Waals surface area (Å²) in [5.74, 6) is 0.280. The van der Waals surface area contributed by atoms with Gasteiger partial charge in [0.2, 0.25) is 0 Å². The highest BCUT2D eigenvalue weighted by Crippen LogP contribution is 2.20. The van der Waals surface area contributed by atoms with Crippen LogP contribution in [0.4, 0.5) is 8.78 Å². The molecule has 0 aliphatic carbocycles. The molecule has 17 heavy (non-hydrogen) atoms. The largest absolute Gasteiger partial charge is 0.377 e. The third kappa shape index (κ3) is 4.32. The number of nitrogens with zero attached hydrogens (tertiary/aromatic N) is 2. The first-order valence-electron chi connectivity index (χ1n) is 5.51. The van der Waals surface area contributed by atoms with E-state index in [-0.39, 0.29) is 18.1 Å². The number of aromatic nitrogens is 2. The Labute approximate surface area is 99.4 Å². The van der Waals surface area contributed by atoms with Gasteiger partial charge in [-0.25, -0.2) is 18.7 Å². The molecule has 0 unspecified atom stereocenters. The Morgan fingerprint density at radius 2 is 2.24 bits per heavy atom. The van der Waals surface area contributed by atoms with Crippen LogP contribution < -0.4 is 5.32 Å². The van der Waals surface area contributed by atoms with Gasteiger partial charge >= 0.3 is 0 Å². The van der Waals surface area contributed by atoms with Crippen molar-refractivity contribution in [1.82, 2.24) is 15.3 Å². The fourth-order valence-corrected chi connectivity index (χ4v) is 1.38. The van der Waals surface area contributed by atoms with E-state index in [2.05, 4.69) is 15.3 Å². The van der Waals surface area contributed by atoms with Crippen LogP contribution in [-0.4, -0.2) is 23.6 Å². The molecule has 0 saturated carbocycles. The van der Waals surface area contributed by atoms with Crippen LogP contribution >= 0.6 is 0 Å². The van der Waals surface area contributed by atoms with Gasteiger partial charge in [-0.2, -0.15) is 0 Å². The SMILES string of the molecule is CCCNCc1cnc(COC)nc1C(F)F. The van der Waals surface area contributed by atoms with E-state index in [1.54, 1.807) is 0 Å². The van der Waals surface area contributed by atoms with Gasteiger partial charge in [-0.15, -0.1) is 0 Å². The summed E-state index contributed by atoms with van der Waals surface area (Å²) in [6, 6.07) is 0. The van der Waals surface area contributed by atoms with Crippen molar-refractivity contribution in [1.29, 1.82) is 0 Å². The standard InChI is InChI=1S/C11H17F2N3O/c1-3-4-14-5-8-6-15-9(7-17-2)16-10(8)11(12)13/h6,11,14H,3-5,7H2,1-2H3. The molecule has 0 radical (unpaired) electrons. The molecular weight excluding hydrogens is 228 g/mol. The van der Waals surface area contributed by atoms with Crippen LogP contribution in [0.5, 0.6) is 0 Å². The third-order valence-corrected chi connectivity index (χ3v) is 2.17. The van der Waals surface area contributed by atoms with Crippen LogP contribution in [0.3, 0.4) is 0 Å². The molecule has 1 rings (SSSR count). The molecule has 1 heterocycles. The molecule has 0 amide bonds. The summed E-state index contributed by atoms with van der Waals surface area (Å²) in [7, 11) is 1.47. The highest BCUT2D eigenvalue weighted by molar-refractivity contribution is 5.18. The van der Waals surface area contributed by atoms with E-state index in [9.17, 15) is 8.78 Å². The van der Waals surface area contributed by atoms with E-state index in [0.29, 0.717) is 12.1 Å². The Balaban J connectivity index is 2.80. The zero-order valence-electron chi connectivity index (χ0n) is 10.0. The Kier molecular flexibility index (Phi) is 5.93. The minimum Gasteiger partial charge on any atom is -0.377 e. The van der Waals surface area contributed by atoms with Crippen molar-refractivity contribution < 1.29 is 13.5 Å². The molecule has 0 atom stereocenters. The molecule has 1 N–H and O–H groups in total. The molecule has 1 aromatic rings. The number of rotatable bonds is 7. The number of alkyl halides is 2. The monoisotopic (exact) mass is 245 g/mol. The van der Waals surface area contributed by atoms with E-state index < -0.39 is 6.43 Å². The molecule has 0 spiro atoms. The number of hydrogen-bond acceptors (Lipinski definition) is 4. The van der Waals surface area contributed by atoms with Crippen molar-refractivity contribution in [3.63, 3.8) is 0 Å². The first-order chi connectivity index (χ1) is 8.19. The zero-order valence-corrected chi connectivity index (χ0v) is 10.0. The summed E-state index contributed by atoms with van der Waals surface area (Å²) in [6.45, 7) is 3.30. The van der Waals surface area contributed by atoms with Crippen LogP contribution in [0, 0.1) is 0 Å². The van der Waals surface area contributed by atoms with Crippen molar-refractivity contribution in [3.05, 3.63) is 23.3 Å². The molecule has 96 valence electrons. The molecule has 1 aromatic heterocycles. The van der Waals surface area contributed by atoms with Gasteiger partial charge in [0.1, 0.15) is 12.3 Å². The van der Waals surface area contributed by atoms with Crippen molar-refractivity contribution in [2.24, 2.45) is 0 Å². The van der Waals surface area contributed by atoms with Gasteiger partial charge in [0.25, 0.3) is 6.43 Å². The number of halogens is 2. The minimum absolute atomic E-state index is 0.141. The normalized spacial score (nSPS) is 11.1. The van der Waals surface area contributed by atoms with E-state index in [0.717, 1.165) is 13.0 Å². The maximum atomic E-state index is 12.8. The first-order valence-corrected chi connectivity index (χ1v) is 5.51. The van der Waals surface area contributed by atoms with Gasteiger partial charge in [-0.3, -0.25) is 0 Å². The van der Waals surface area contributed by atoms with E-state index in [4.69, 9.17) is 4.74 Å². The maximum absolute atomic E-state index is 12.8. The maximum Gasteiger partial charge on any atom is 0.280 e. The summed E-state index contributed by atoms with van der Waals surface area (Å²) in [5.41, 5.74) is 0.226. The zero-order chi connectivity index (χ0) is 12.7. The molecule has 0 saturated heterocycles. The predicted octanol–water partition coefficient (Wildman–Crippen LogP) is 2.06. The van der Waals surface area contributed by atoms with Crippen LogP contribution in [0.1, 0.15) is 36.9 Å². The predicted molar refractivity (Wildman–Crippen MR) is 59.7 cm³/mol. The molecule has 0 aromatic carbocycles. The molecule has 6 heteroatoms. The summed E-state index contributed by atoms with van der Waals surface area (Å²) in [4.78, 5) is 7.80.